The van der Waals surface area contributed by atoms with Gasteiger partial charge in [-0.1, -0.05) is 64.5 Å². The molecule has 0 bridgehead atoms. The quantitative estimate of drug-likeness (QED) is 0.194. The molecule has 0 spiro atoms. The van der Waals surface area contributed by atoms with Crippen LogP contribution in [0.3, 0.4) is 0 Å². The average Bonchev–Trinajstić information content (AvgIpc) is 3.42. The van der Waals surface area contributed by atoms with Crippen LogP contribution in [0.4, 0.5) is 0 Å². The number of amides is 1. The lowest BCUT2D eigenvalue weighted by Crippen LogP contribution is -2.55. The molecule has 0 unspecified atom stereocenters. The molecule has 3 N–H and O–H groups in total. The maximum Gasteiger partial charge on any atom is 0.266 e. The van der Waals surface area contributed by atoms with E-state index in [4.69, 9.17) is 24.3 Å². The van der Waals surface area contributed by atoms with Crippen molar-refractivity contribution in [1.29, 1.82) is 0 Å². The van der Waals surface area contributed by atoms with Crippen molar-refractivity contribution in [3.63, 3.8) is 0 Å². The van der Waals surface area contributed by atoms with Gasteiger partial charge in [-0.15, -0.1) is 0 Å². The number of carbonyl (C=O) groups is 1. The molecule has 0 aromatic heterocycles. The Hall–Kier alpha value is -3.28. The predicted molar refractivity (Wildman–Crippen MR) is 164 cm³/mol. The van der Waals surface area contributed by atoms with E-state index >= 15 is 0 Å². The van der Waals surface area contributed by atoms with Gasteiger partial charge in [0.1, 0.15) is 5.75 Å². The van der Waals surface area contributed by atoms with Gasteiger partial charge in [-0.05, 0) is 41.5 Å². The van der Waals surface area contributed by atoms with Crippen molar-refractivity contribution in [1.82, 2.24) is 15.8 Å². The Morgan fingerprint density at radius 2 is 1.79 bits per heavy atom. The van der Waals surface area contributed by atoms with Crippen LogP contribution in [0.2, 0.25) is 0 Å². The Kier molecular flexibility index (Phi) is 10.6. The topological polar surface area (TPSA) is 105 Å². The number of halogens is 1. The fourth-order valence-corrected chi connectivity index (χ4v) is 5.56. The number of benzene rings is 3. The first kappa shape index (κ1) is 30.2. The number of morpholine rings is 1. The van der Waals surface area contributed by atoms with Crippen molar-refractivity contribution in [2.24, 2.45) is 4.99 Å². The molecular formula is C32H37BrN4O5. The fourth-order valence-electron chi connectivity index (χ4n) is 5.13. The van der Waals surface area contributed by atoms with E-state index < -0.39 is 11.6 Å². The summed E-state index contributed by atoms with van der Waals surface area (Å²) >= 11 is 3.67. The number of nitrogens with one attached hydrogen (secondary N) is 2. The van der Waals surface area contributed by atoms with Crippen LogP contribution < -0.4 is 15.6 Å². The van der Waals surface area contributed by atoms with E-state index in [-0.39, 0.29) is 12.5 Å². The van der Waals surface area contributed by atoms with E-state index in [2.05, 4.69) is 31.7 Å². The molecule has 5 rings (SSSR count). The van der Waals surface area contributed by atoms with E-state index in [9.17, 15) is 4.79 Å². The summed E-state index contributed by atoms with van der Waals surface area (Å²) in [5, 5.41) is 9.04. The number of nitrogens with zero attached hydrogens (tertiary/aromatic N) is 2. The maximum absolute atomic E-state index is 14.2. The van der Waals surface area contributed by atoms with Gasteiger partial charge >= 0.3 is 0 Å². The van der Waals surface area contributed by atoms with Crippen molar-refractivity contribution < 1.29 is 24.1 Å². The molecule has 2 atom stereocenters. The minimum Gasteiger partial charge on any atom is -0.494 e. The minimum atomic E-state index is -1.29. The highest BCUT2D eigenvalue weighted by Gasteiger charge is 2.53. The zero-order valence-electron chi connectivity index (χ0n) is 23.5. The number of hydrazine groups is 1. The highest BCUT2D eigenvalue weighted by Crippen LogP contribution is 2.43. The van der Waals surface area contributed by atoms with Crippen molar-refractivity contribution in [3.8, 4) is 5.75 Å². The summed E-state index contributed by atoms with van der Waals surface area (Å²) in [6.45, 7) is 5.09. The van der Waals surface area contributed by atoms with Crippen LogP contribution >= 0.6 is 15.9 Å². The van der Waals surface area contributed by atoms with Crippen LogP contribution in [0.25, 0.3) is 0 Å². The Balaban J connectivity index is 1.44. The first-order valence-corrected chi connectivity index (χ1v) is 15.1. The Labute approximate surface area is 255 Å². The Bertz CT molecular complexity index is 1330. The SMILES string of the molecule is O=C(NNCCN1CCOCC1)[C@@]1(Cc2ccccc2Br)N=C(c2ccc(OCCCO)cc2)O[C@H]1c1ccccc1. The van der Waals surface area contributed by atoms with Gasteiger partial charge in [0.05, 0.1) is 19.8 Å². The van der Waals surface area contributed by atoms with E-state index in [1.165, 1.54) is 0 Å². The normalized spacial score (nSPS) is 20.5. The number of hydrogen-bond donors (Lipinski definition) is 3. The molecule has 1 amide bonds. The third kappa shape index (κ3) is 7.37. The number of ether oxygens (including phenoxy) is 3. The van der Waals surface area contributed by atoms with Gasteiger partial charge in [-0.2, -0.15) is 0 Å². The lowest BCUT2D eigenvalue weighted by atomic mass is 9.82. The van der Waals surface area contributed by atoms with Gasteiger partial charge in [0.2, 0.25) is 5.90 Å². The molecule has 1 saturated heterocycles. The average molecular weight is 638 g/mol. The summed E-state index contributed by atoms with van der Waals surface area (Å²) < 4.78 is 18.6. The number of hydrogen-bond acceptors (Lipinski definition) is 8. The molecule has 2 aliphatic rings. The molecule has 9 nitrogen and oxygen atoms in total. The molecule has 3 aromatic carbocycles. The lowest BCUT2D eigenvalue weighted by Gasteiger charge is -2.31. The van der Waals surface area contributed by atoms with E-state index in [1.54, 1.807) is 0 Å². The second kappa shape index (κ2) is 14.8. The van der Waals surface area contributed by atoms with Gasteiger partial charge < -0.3 is 19.3 Å². The number of rotatable bonds is 13. The van der Waals surface area contributed by atoms with Crippen LogP contribution in [0.1, 0.15) is 29.2 Å². The molecule has 1 fully saturated rings. The summed E-state index contributed by atoms with van der Waals surface area (Å²) in [6, 6.07) is 25.1. The van der Waals surface area contributed by atoms with E-state index in [1.807, 2.05) is 78.9 Å². The van der Waals surface area contributed by atoms with Gasteiger partial charge in [0.15, 0.2) is 11.6 Å². The number of aliphatic hydroxyl groups excluding tert-OH is 1. The van der Waals surface area contributed by atoms with Gasteiger partial charge in [0, 0.05) is 55.7 Å². The molecule has 0 aliphatic carbocycles. The monoisotopic (exact) mass is 636 g/mol. The molecular weight excluding hydrogens is 600 g/mol. The van der Waals surface area contributed by atoms with Gasteiger partial charge in [-0.25, -0.2) is 10.4 Å². The predicted octanol–water partition coefficient (Wildman–Crippen LogP) is 3.66. The molecule has 3 aromatic rings. The summed E-state index contributed by atoms with van der Waals surface area (Å²) in [6.07, 6.45) is 0.211. The molecule has 222 valence electrons. The van der Waals surface area contributed by atoms with Crippen LogP contribution in [-0.2, 0) is 20.7 Å². The lowest BCUT2D eigenvalue weighted by molar-refractivity contribution is -0.130. The minimum absolute atomic E-state index is 0.0767. The summed E-state index contributed by atoms with van der Waals surface area (Å²) in [5.41, 5.74) is 7.36. The zero-order valence-corrected chi connectivity index (χ0v) is 25.1. The first-order chi connectivity index (χ1) is 20.6. The Morgan fingerprint density at radius 1 is 1.05 bits per heavy atom. The van der Waals surface area contributed by atoms with Crippen molar-refractivity contribution >= 4 is 27.7 Å². The molecule has 10 heteroatoms. The second-order valence-corrected chi connectivity index (χ2v) is 11.2. The van der Waals surface area contributed by atoms with Crippen LogP contribution in [-0.4, -0.2) is 80.0 Å². The standard InChI is InChI=1S/C32H37BrN4O5/c33-28-10-5-4-9-26(28)23-32(31(39)36-34-15-16-37-17-21-40-22-18-37)29(24-7-2-1-3-8-24)42-30(35-32)25-11-13-27(14-12-25)41-20-6-19-38/h1-5,7-14,29,34,38H,6,15-23H2,(H,36,39)/t29-,32-/m0/s1. The van der Waals surface area contributed by atoms with Crippen molar-refractivity contribution in [3.05, 3.63) is 100 Å². The largest absolute Gasteiger partial charge is 0.494 e. The smallest absolute Gasteiger partial charge is 0.266 e. The molecule has 0 saturated carbocycles. The second-order valence-electron chi connectivity index (χ2n) is 10.3. The third-order valence-electron chi connectivity index (χ3n) is 7.41. The van der Waals surface area contributed by atoms with E-state index in [0.717, 1.165) is 54.0 Å². The summed E-state index contributed by atoms with van der Waals surface area (Å²) in [4.78, 5) is 21.6. The fraction of sp³-hybridized carbons (Fsp3) is 0.375. The Morgan fingerprint density at radius 3 is 2.52 bits per heavy atom. The highest BCUT2D eigenvalue weighted by atomic mass is 79.9. The van der Waals surface area contributed by atoms with Crippen molar-refractivity contribution in [2.75, 3.05) is 52.6 Å². The summed E-state index contributed by atoms with van der Waals surface area (Å²) in [5.74, 6) is 0.807. The van der Waals surface area contributed by atoms with Crippen LogP contribution in [0.5, 0.6) is 5.75 Å². The molecule has 42 heavy (non-hydrogen) atoms. The molecule has 2 aliphatic heterocycles. The number of aliphatic hydroxyl groups is 1. The highest BCUT2D eigenvalue weighted by molar-refractivity contribution is 9.10. The van der Waals surface area contributed by atoms with E-state index in [0.29, 0.717) is 37.6 Å². The third-order valence-corrected chi connectivity index (χ3v) is 8.18. The molecule has 2 heterocycles. The van der Waals surface area contributed by atoms with Crippen LogP contribution in [0.15, 0.2) is 88.3 Å². The first-order valence-electron chi connectivity index (χ1n) is 14.3. The van der Waals surface area contributed by atoms with Crippen molar-refractivity contribution in [2.45, 2.75) is 24.5 Å². The number of carbonyl (C=O) groups excluding carboxylic acids is 1. The number of aliphatic imine (C=N–C) groups is 1. The summed E-state index contributed by atoms with van der Waals surface area (Å²) in [7, 11) is 0. The van der Waals surface area contributed by atoms with Gasteiger partial charge in [0.25, 0.3) is 5.91 Å². The van der Waals surface area contributed by atoms with Gasteiger partial charge in [-0.3, -0.25) is 15.1 Å². The maximum atomic E-state index is 14.2. The molecule has 0 radical (unpaired) electrons. The zero-order chi connectivity index (χ0) is 29.2. The van der Waals surface area contributed by atoms with Crippen LogP contribution in [0, 0.1) is 0 Å².